The first-order chi connectivity index (χ1) is 12.9. The number of esters is 1. The fourth-order valence-electron chi connectivity index (χ4n) is 4.27. The van der Waals surface area contributed by atoms with E-state index in [1.165, 1.54) is 7.11 Å². The number of carbonyl (C=O) groups excluding carboxylic acids is 1. The summed E-state index contributed by atoms with van der Waals surface area (Å²) in [6, 6.07) is 13.3. The lowest BCUT2D eigenvalue weighted by molar-refractivity contribution is -0.151. The van der Waals surface area contributed by atoms with E-state index in [0.717, 1.165) is 24.0 Å². The number of rotatable bonds is 2. The van der Waals surface area contributed by atoms with Gasteiger partial charge >= 0.3 is 5.97 Å². The highest BCUT2D eigenvalue weighted by molar-refractivity contribution is 5.93. The third kappa shape index (κ3) is 3.06. The van der Waals surface area contributed by atoms with E-state index in [-0.39, 0.29) is 29.4 Å². The fourth-order valence-corrected chi connectivity index (χ4v) is 4.27. The van der Waals surface area contributed by atoms with Gasteiger partial charge in [0.1, 0.15) is 22.7 Å². The SMILES string of the molecule is COC(=O)c1cc2c(cc1O)[C@@H]1O[C@H](c3ccccc3)CC[C@H]1C(C)(C)O2. The Labute approximate surface area is 158 Å². The van der Waals surface area contributed by atoms with E-state index in [4.69, 9.17) is 14.2 Å². The third-order valence-corrected chi connectivity index (χ3v) is 5.69. The Morgan fingerprint density at radius 3 is 2.63 bits per heavy atom. The lowest BCUT2D eigenvalue weighted by atomic mass is 9.74. The molecular weight excluding hydrogens is 344 g/mol. The van der Waals surface area contributed by atoms with E-state index in [9.17, 15) is 9.90 Å². The summed E-state index contributed by atoms with van der Waals surface area (Å²) in [5.74, 6) is 0.0140. The standard InChI is InChI=1S/C22H24O5/c1-22(2)16-9-10-18(13-7-5-4-6-8-13)26-20(16)15-11-17(23)14(21(24)25-3)12-19(15)27-22/h4-8,11-12,16,18,20,23H,9-10H2,1-3H3/t16-,18+,20+/m1/s1. The minimum absolute atomic E-state index is 0.00312. The number of hydrogen-bond donors (Lipinski definition) is 1. The summed E-state index contributed by atoms with van der Waals surface area (Å²) in [6.45, 7) is 4.09. The number of phenols is 1. The number of hydrogen-bond acceptors (Lipinski definition) is 5. The molecule has 0 aromatic heterocycles. The van der Waals surface area contributed by atoms with E-state index < -0.39 is 11.6 Å². The van der Waals surface area contributed by atoms with Crippen LogP contribution in [0.3, 0.4) is 0 Å². The summed E-state index contributed by atoms with van der Waals surface area (Å²) in [5.41, 5.74) is 1.59. The van der Waals surface area contributed by atoms with E-state index >= 15 is 0 Å². The van der Waals surface area contributed by atoms with Crippen LogP contribution in [0.15, 0.2) is 42.5 Å². The molecule has 0 radical (unpaired) electrons. The van der Waals surface area contributed by atoms with Crippen LogP contribution in [0.25, 0.3) is 0 Å². The van der Waals surface area contributed by atoms with Gasteiger partial charge in [-0.15, -0.1) is 0 Å². The van der Waals surface area contributed by atoms with Gasteiger partial charge in [0, 0.05) is 11.5 Å². The van der Waals surface area contributed by atoms with Gasteiger partial charge in [-0.25, -0.2) is 4.79 Å². The number of ether oxygens (including phenoxy) is 3. The van der Waals surface area contributed by atoms with Crippen molar-refractivity contribution in [2.75, 3.05) is 7.11 Å². The van der Waals surface area contributed by atoms with Gasteiger partial charge in [0.25, 0.3) is 0 Å². The molecule has 1 N–H and O–H groups in total. The zero-order valence-electron chi connectivity index (χ0n) is 15.8. The molecule has 0 aliphatic carbocycles. The Morgan fingerprint density at radius 2 is 1.93 bits per heavy atom. The lowest BCUT2D eigenvalue weighted by Gasteiger charge is -2.48. The minimum atomic E-state index is -0.592. The smallest absolute Gasteiger partial charge is 0.341 e. The predicted molar refractivity (Wildman–Crippen MR) is 99.9 cm³/mol. The second-order valence-corrected chi connectivity index (χ2v) is 7.74. The molecule has 2 aliphatic rings. The Hall–Kier alpha value is -2.53. The van der Waals surface area contributed by atoms with Crippen molar-refractivity contribution in [2.24, 2.45) is 5.92 Å². The zero-order valence-corrected chi connectivity index (χ0v) is 15.8. The summed E-state index contributed by atoms with van der Waals surface area (Å²) in [5, 5.41) is 10.4. The molecule has 27 heavy (non-hydrogen) atoms. The van der Waals surface area contributed by atoms with Crippen LogP contribution in [-0.2, 0) is 9.47 Å². The quantitative estimate of drug-likeness (QED) is 0.787. The number of aromatic hydroxyl groups is 1. The monoisotopic (exact) mass is 368 g/mol. The summed E-state index contributed by atoms with van der Waals surface area (Å²) >= 11 is 0. The lowest BCUT2D eigenvalue weighted by Crippen LogP contribution is -2.47. The van der Waals surface area contributed by atoms with Crippen LogP contribution >= 0.6 is 0 Å². The summed E-state index contributed by atoms with van der Waals surface area (Å²) < 4.78 is 17.5. The van der Waals surface area contributed by atoms with Crippen LogP contribution in [0.4, 0.5) is 0 Å². The van der Waals surface area contributed by atoms with Crippen molar-refractivity contribution in [3.05, 3.63) is 59.2 Å². The van der Waals surface area contributed by atoms with Crippen LogP contribution in [0.2, 0.25) is 0 Å². The largest absolute Gasteiger partial charge is 0.507 e. The number of phenolic OH excluding ortho intramolecular Hbond substituents is 1. The first-order valence-electron chi connectivity index (χ1n) is 9.25. The van der Waals surface area contributed by atoms with E-state index in [1.807, 2.05) is 32.0 Å². The molecule has 0 unspecified atom stereocenters. The fraction of sp³-hybridized carbons (Fsp3) is 0.409. The van der Waals surface area contributed by atoms with Crippen molar-refractivity contribution in [3.8, 4) is 11.5 Å². The maximum atomic E-state index is 11.9. The molecule has 0 saturated carbocycles. The van der Waals surface area contributed by atoms with Crippen molar-refractivity contribution < 1.29 is 24.1 Å². The molecule has 1 fully saturated rings. The van der Waals surface area contributed by atoms with Crippen LogP contribution in [0.1, 0.15) is 60.4 Å². The van der Waals surface area contributed by atoms with Crippen LogP contribution in [0, 0.1) is 5.92 Å². The highest BCUT2D eigenvalue weighted by Crippen LogP contribution is 2.54. The maximum Gasteiger partial charge on any atom is 0.341 e. The van der Waals surface area contributed by atoms with Crippen LogP contribution < -0.4 is 4.74 Å². The first-order valence-corrected chi connectivity index (χ1v) is 9.25. The molecule has 5 heteroatoms. The van der Waals surface area contributed by atoms with Gasteiger partial charge in [-0.1, -0.05) is 30.3 Å². The molecule has 5 nitrogen and oxygen atoms in total. The topological polar surface area (TPSA) is 65.0 Å². The number of fused-ring (bicyclic) bond motifs is 3. The Morgan fingerprint density at radius 1 is 1.19 bits per heavy atom. The van der Waals surface area contributed by atoms with E-state index in [0.29, 0.717) is 5.75 Å². The predicted octanol–water partition coefficient (Wildman–Crippen LogP) is 4.56. The van der Waals surface area contributed by atoms with Gasteiger partial charge in [0.15, 0.2) is 0 Å². The summed E-state index contributed by atoms with van der Waals surface area (Å²) in [7, 11) is 1.29. The van der Waals surface area contributed by atoms with Gasteiger partial charge in [-0.3, -0.25) is 0 Å². The van der Waals surface area contributed by atoms with Gasteiger partial charge in [0.2, 0.25) is 0 Å². The van der Waals surface area contributed by atoms with Crippen molar-refractivity contribution in [1.82, 2.24) is 0 Å². The second-order valence-electron chi connectivity index (χ2n) is 7.74. The van der Waals surface area contributed by atoms with Gasteiger partial charge in [-0.05, 0) is 44.4 Å². The number of methoxy groups -OCH3 is 1. The van der Waals surface area contributed by atoms with Crippen molar-refractivity contribution in [1.29, 1.82) is 0 Å². The van der Waals surface area contributed by atoms with Gasteiger partial charge in [-0.2, -0.15) is 0 Å². The molecule has 2 aliphatic heterocycles. The molecule has 1 saturated heterocycles. The van der Waals surface area contributed by atoms with E-state index in [2.05, 4.69) is 12.1 Å². The molecular formula is C22H24O5. The average Bonchev–Trinajstić information content (AvgIpc) is 2.68. The second kappa shape index (κ2) is 6.57. The van der Waals surface area contributed by atoms with E-state index in [1.54, 1.807) is 12.1 Å². The van der Waals surface area contributed by atoms with Gasteiger partial charge in [0.05, 0.1) is 19.3 Å². The Bertz CT molecular complexity index is 859. The third-order valence-electron chi connectivity index (χ3n) is 5.69. The highest BCUT2D eigenvalue weighted by atomic mass is 16.5. The zero-order chi connectivity index (χ0) is 19.2. The minimum Gasteiger partial charge on any atom is -0.507 e. The molecule has 142 valence electrons. The summed E-state index contributed by atoms with van der Waals surface area (Å²) in [6.07, 6.45) is 1.66. The molecule has 2 heterocycles. The molecule has 2 aromatic carbocycles. The Kier molecular flexibility index (Phi) is 4.35. The number of benzene rings is 2. The van der Waals surface area contributed by atoms with Crippen LogP contribution in [0.5, 0.6) is 11.5 Å². The van der Waals surface area contributed by atoms with Crippen molar-refractivity contribution in [2.45, 2.75) is 44.5 Å². The number of carbonyl (C=O) groups is 1. The van der Waals surface area contributed by atoms with Crippen molar-refractivity contribution >= 4 is 5.97 Å². The molecule has 0 bridgehead atoms. The normalized spacial score (nSPS) is 25.7. The maximum absolute atomic E-state index is 11.9. The molecule has 0 spiro atoms. The first kappa shape index (κ1) is 17.9. The van der Waals surface area contributed by atoms with Crippen LogP contribution in [-0.4, -0.2) is 23.8 Å². The molecule has 0 amide bonds. The average molecular weight is 368 g/mol. The highest BCUT2D eigenvalue weighted by Gasteiger charge is 2.48. The molecule has 2 aromatic rings. The Balaban J connectivity index is 1.74. The molecule has 4 rings (SSSR count). The van der Waals surface area contributed by atoms with Crippen molar-refractivity contribution in [3.63, 3.8) is 0 Å². The molecule has 3 atom stereocenters. The summed E-state index contributed by atoms with van der Waals surface area (Å²) in [4.78, 5) is 11.9. The van der Waals surface area contributed by atoms with Gasteiger partial charge < -0.3 is 19.3 Å².